The molecule has 0 unspecified atom stereocenters. The van der Waals surface area contributed by atoms with Gasteiger partial charge in [-0.1, -0.05) is 37.3 Å². The molecule has 0 aliphatic carbocycles. The third kappa shape index (κ3) is 2.76. The van der Waals surface area contributed by atoms with E-state index in [1.54, 1.807) is 30.5 Å². The van der Waals surface area contributed by atoms with Crippen LogP contribution in [-0.2, 0) is 6.42 Å². The maximum Gasteiger partial charge on any atom is 0.282 e. The van der Waals surface area contributed by atoms with Crippen molar-refractivity contribution in [3.8, 4) is 5.69 Å². The van der Waals surface area contributed by atoms with Crippen LogP contribution in [0.25, 0.3) is 5.69 Å². The van der Waals surface area contributed by atoms with Crippen LogP contribution in [0.3, 0.4) is 0 Å². The van der Waals surface area contributed by atoms with Crippen LogP contribution >= 0.6 is 0 Å². The highest BCUT2D eigenvalue weighted by molar-refractivity contribution is 6.21. The third-order valence-corrected chi connectivity index (χ3v) is 5.17. The van der Waals surface area contributed by atoms with E-state index in [2.05, 4.69) is 28.7 Å². The molecule has 0 saturated carbocycles. The van der Waals surface area contributed by atoms with Crippen LogP contribution in [0.2, 0.25) is 0 Å². The number of hydrogen-bond donors (Lipinski definition) is 0. The Bertz CT molecular complexity index is 1090. The molecule has 0 atom stereocenters. The van der Waals surface area contributed by atoms with Gasteiger partial charge in [0.15, 0.2) is 0 Å². The first-order valence-electron chi connectivity index (χ1n) is 9.32. The first kappa shape index (κ1) is 17.9. The first-order chi connectivity index (χ1) is 13.5. The molecule has 1 aliphatic rings. The Kier molecular flexibility index (Phi) is 4.43. The van der Waals surface area contributed by atoms with Crippen molar-refractivity contribution in [2.75, 3.05) is 0 Å². The van der Waals surface area contributed by atoms with Gasteiger partial charge in [-0.05, 0) is 50.1 Å². The van der Waals surface area contributed by atoms with Crippen LogP contribution < -0.4 is 0 Å². The zero-order valence-corrected chi connectivity index (χ0v) is 16.1. The van der Waals surface area contributed by atoms with Gasteiger partial charge in [-0.3, -0.25) is 9.59 Å². The largest absolute Gasteiger partial charge is 0.318 e. The number of amides is 2. The third-order valence-electron chi connectivity index (χ3n) is 5.17. The van der Waals surface area contributed by atoms with Crippen molar-refractivity contribution < 1.29 is 9.59 Å². The lowest BCUT2D eigenvalue weighted by molar-refractivity contribution is 0.0660. The maximum absolute atomic E-state index is 12.5. The van der Waals surface area contributed by atoms with Crippen LogP contribution in [0.1, 0.15) is 50.2 Å². The lowest BCUT2D eigenvalue weighted by Crippen LogP contribution is -2.24. The van der Waals surface area contributed by atoms with Crippen molar-refractivity contribution in [1.29, 1.82) is 0 Å². The highest BCUT2D eigenvalue weighted by atomic mass is 16.2. The Morgan fingerprint density at radius 3 is 2.18 bits per heavy atom. The molecular formula is C23H21N3O2. The molecule has 2 heterocycles. The average molecular weight is 371 g/mol. The van der Waals surface area contributed by atoms with Gasteiger partial charge in [-0.2, -0.15) is 10.1 Å². The summed E-state index contributed by atoms with van der Waals surface area (Å²) in [6, 6.07) is 17.1. The molecule has 0 N–H and O–H groups in total. The summed E-state index contributed by atoms with van der Waals surface area (Å²) in [5.41, 5.74) is 6.15. The SMILES string of the molecule is CCc1ccccc1-n1c(C)cc(/C=N\N2C(=O)c3ccccc3C2=O)c1C. The van der Waals surface area contributed by atoms with Crippen molar-refractivity contribution in [1.82, 2.24) is 9.58 Å². The van der Waals surface area contributed by atoms with E-state index in [4.69, 9.17) is 0 Å². The second kappa shape index (κ2) is 6.93. The van der Waals surface area contributed by atoms with E-state index in [9.17, 15) is 9.59 Å². The first-order valence-corrected chi connectivity index (χ1v) is 9.32. The Hall–Kier alpha value is -3.47. The number of aromatic nitrogens is 1. The van der Waals surface area contributed by atoms with Crippen molar-refractivity contribution >= 4 is 18.0 Å². The highest BCUT2D eigenvalue weighted by Crippen LogP contribution is 2.25. The number of carbonyl (C=O) groups excluding carboxylic acids is 2. The summed E-state index contributed by atoms with van der Waals surface area (Å²) in [6.45, 7) is 6.19. The van der Waals surface area contributed by atoms with Crippen LogP contribution in [0.4, 0.5) is 0 Å². The van der Waals surface area contributed by atoms with Gasteiger partial charge < -0.3 is 4.57 Å². The van der Waals surface area contributed by atoms with Crippen LogP contribution in [0.5, 0.6) is 0 Å². The number of fused-ring (bicyclic) bond motifs is 1. The van der Waals surface area contributed by atoms with Gasteiger partial charge in [0.1, 0.15) is 0 Å². The minimum Gasteiger partial charge on any atom is -0.318 e. The summed E-state index contributed by atoms with van der Waals surface area (Å²) in [4.78, 5) is 25.0. The summed E-state index contributed by atoms with van der Waals surface area (Å²) in [7, 11) is 0. The molecule has 5 heteroatoms. The summed E-state index contributed by atoms with van der Waals surface area (Å²) in [5, 5.41) is 5.16. The molecule has 28 heavy (non-hydrogen) atoms. The van der Waals surface area contributed by atoms with Gasteiger partial charge in [0.25, 0.3) is 11.8 Å². The minimum atomic E-state index is -0.387. The summed E-state index contributed by atoms with van der Waals surface area (Å²) >= 11 is 0. The van der Waals surface area contributed by atoms with Crippen LogP contribution in [0.15, 0.2) is 59.7 Å². The van der Waals surface area contributed by atoms with E-state index in [1.165, 1.54) is 5.56 Å². The number of carbonyl (C=O) groups is 2. The lowest BCUT2D eigenvalue weighted by Gasteiger charge is -2.14. The topological polar surface area (TPSA) is 54.7 Å². The number of imide groups is 1. The fraction of sp³-hybridized carbons (Fsp3) is 0.174. The molecular weight excluding hydrogens is 350 g/mol. The second-order valence-electron chi connectivity index (χ2n) is 6.86. The maximum atomic E-state index is 12.5. The number of nitrogens with zero attached hydrogens (tertiary/aromatic N) is 3. The molecule has 2 aromatic carbocycles. The zero-order valence-electron chi connectivity index (χ0n) is 16.1. The van der Waals surface area contributed by atoms with Crippen LogP contribution in [-0.4, -0.2) is 27.6 Å². The summed E-state index contributed by atoms with van der Waals surface area (Å²) in [5.74, 6) is -0.774. The van der Waals surface area contributed by atoms with Crippen molar-refractivity contribution in [3.63, 3.8) is 0 Å². The van der Waals surface area contributed by atoms with Gasteiger partial charge >= 0.3 is 0 Å². The minimum absolute atomic E-state index is 0.387. The van der Waals surface area contributed by atoms with Crippen molar-refractivity contribution in [2.24, 2.45) is 5.10 Å². The molecule has 2 amide bonds. The fourth-order valence-electron chi connectivity index (χ4n) is 3.72. The van der Waals surface area contributed by atoms with E-state index < -0.39 is 0 Å². The smallest absolute Gasteiger partial charge is 0.282 e. The fourth-order valence-corrected chi connectivity index (χ4v) is 3.72. The summed E-state index contributed by atoms with van der Waals surface area (Å²) in [6.07, 6.45) is 2.53. The van der Waals surface area contributed by atoms with Crippen molar-refractivity contribution in [2.45, 2.75) is 27.2 Å². The van der Waals surface area contributed by atoms with Crippen molar-refractivity contribution in [3.05, 3.63) is 88.2 Å². The molecule has 140 valence electrons. The predicted molar refractivity (Wildman–Crippen MR) is 109 cm³/mol. The number of hydrazone groups is 1. The van der Waals surface area contributed by atoms with E-state index >= 15 is 0 Å². The normalized spacial score (nSPS) is 13.6. The van der Waals surface area contributed by atoms with Gasteiger partial charge in [0.05, 0.1) is 17.3 Å². The van der Waals surface area contributed by atoms with Gasteiger partial charge in [0, 0.05) is 22.6 Å². The van der Waals surface area contributed by atoms with E-state index in [1.807, 2.05) is 32.0 Å². The Balaban J connectivity index is 1.69. The number of hydrogen-bond acceptors (Lipinski definition) is 3. The van der Waals surface area contributed by atoms with Gasteiger partial charge in [-0.25, -0.2) is 0 Å². The van der Waals surface area contributed by atoms with E-state index in [0.29, 0.717) is 11.1 Å². The molecule has 1 aliphatic heterocycles. The molecule has 0 bridgehead atoms. The molecule has 0 saturated heterocycles. The number of rotatable bonds is 4. The second-order valence-corrected chi connectivity index (χ2v) is 6.86. The zero-order chi connectivity index (χ0) is 19.8. The number of para-hydroxylation sites is 1. The monoisotopic (exact) mass is 371 g/mol. The molecule has 0 spiro atoms. The summed E-state index contributed by atoms with van der Waals surface area (Å²) < 4.78 is 2.18. The molecule has 0 radical (unpaired) electrons. The van der Waals surface area contributed by atoms with E-state index in [-0.39, 0.29) is 11.8 Å². The standard InChI is InChI=1S/C23H21N3O2/c1-4-17-9-5-8-12-21(17)25-15(2)13-18(16(25)3)14-24-26-22(27)19-10-6-7-11-20(19)23(26)28/h5-14H,4H2,1-3H3/b24-14-. The molecule has 5 nitrogen and oxygen atoms in total. The Labute approximate surface area is 163 Å². The van der Waals surface area contributed by atoms with Crippen LogP contribution in [0, 0.1) is 13.8 Å². The highest BCUT2D eigenvalue weighted by Gasteiger charge is 2.35. The van der Waals surface area contributed by atoms with Gasteiger partial charge in [-0.15, -0.1) is 0 Å². The average Bonchev–Trinajstić information content (AvgIpc) is 3.13. The lowest BCUT2D eigenvalue weighted by atomic mass is 10.1. The molecule has 1 aromatic heterocycles. The van der Waals surface area contributed by atoms with E-state index in [0.717, 1.165) is 34.1 Å². The number of aryl methyl sites for hydroxylation is 2. The molecule has 3 aromatic rings. The molecule has 0 fully saturated rings. The predicted octanol–water partition coefficient (Wildman–Crippen LogP) is 4.29. The van der Waals surface area contributed by atoms with Gasteiger partial charge in [0.2, 0.25) is 0 Å². The Morgan fingerprint density at radius 1 is 0.929 bits per heavy atom. The molecule has 4 rings (SSSR count). The number of benzene rings is 2. The Morgan fingerprint density at radius 2 is 1.54 bits per heavy atom. The quantitative estimate of drug-likeness (QED) is 0.507.